The van der Waals surface area contributed by atoms with Gasteiger partial charge in [-0.3, -0.25) is 0 Å². The molecule has 0 amide bonds. The van der Waals surface area contributed by atoms with E-state index in [1.54, 1.807) is 12.3 Å². The lowest BCUT2D eigenvalue weighted by molar-refractivity contribution is 0.0520. The average Bonchev–Trinajstić information content (AvgIpc) is 3.46. The van der Waals surface area contributed by atoms with Gasteiger partial charge in [-0.15, -0.1) is 11.3 Å². The Morgan fingerprint density at radius 3 is 2.24 bits per heavy atom. The van der Waals surface area contributed by atoms with Crippen molar-refractivity contribution in [1.82, 2.24) is 4.98 Å². The topological polar surface area (TPSA) is 51.7 Å². The molecule has 7 heteroatoms. The van der Waals surface area contributed by atoms with Crippen LogP contribution in [0.2, 0.25) is 0 Å². The van der Waals surface area contributed by atoms with E-state index in [1.807, 2.05) is 12.1 Å². The molecule has 2 aromatic carbocycles. The van der Waals surface area contributed by atoms with E-state index in [9.17, 15) is 4.79 Å². The molecule has 0 aliphatic carbocycles. The number of esters is 1. The second-order valence-electron chi connectivity index (χ2n) is 9.26. The van der Waals surface area contributed by atoms with Crippen LogP contribution in [0.1, 0.15) is 44.6 Å². The first-order chi connectivity index (χ1) is 15.9. The summed E-state index contributed by atoms with van der Waals surface area (Å²) in [4.78, 5) is 19.1. The van der Waals surface area contributed by atoms with E-state index in [2.05, 4.69) is 79.2 Å². The highest BCUT2D eigenvalue weighted by Gasteiger charge is 2.44. The molecule has 2 heterocycles. The van der Waals surface area contributed by atoms with Crippen LogP contribution >= 0.6 is 11.3 Å². The Morgan fingerprint density at radius 2 is 1.70 bits per heavy atom. The fourth-order valence-corrected chi connectivity index (χ4v) is 7.25. The zero-order valence-electron chi connectivity index (χ0n) is 19.7. The van der Waals surface area contributed by atoms with E-state index >= 15 is 0 Å². The molecule has 0 bridgehead atoms. The van der Waals surface area contributed by atoms with Gasteiger partial charge < -0.3 is 14.1 Å². The van der Waals surface area contributed by atoms with Crippen molar-refractivity contribution >= 4 is 41.9 Å². The van der Waals surface area contributed by atoms with Gasteiger partial charge in [0.2, 0.25) is 0 Å². The van der Waals surface area contributed by atoms with Crippen LogP contribution in [0.25, 0.3) is 0 Å². The lowest BCUT2D eigenvalue weighted by atomic mass is 9.79. The number of aromatic nitrogens is 1. The van der Waals surface area contributed by atoms with Crippen molar-refractivity contribution in [2.75, 3.05) is 18.1 Å². The van der Waals surface area contributed by atoms with Gasteiger partial charge in [0.15, 0.2) is 10.8 Å². The Labute approximate surface area is 202 Å². The van der Waals surface area contributed by atoms with Crippen LogP contribution in [0.5, 0.6) is 0 Å². The molecule has 1 saturated heterocycles. The molecule has 1 radical (unpaired) electrons. The van der Waals surface area contributed by atoms with Crippen LogP contribution in [0.4, 0.5) is 5.13 Å². The zero-order valence-corrected chi connectivity index (χ0v) is 21.5. The van der Waals surface area contributed by atoms with Crippen LogP contribution in [0.15, 0.2) is 66.0 Å². The Kier molecular flexibility index (Phi) is 7.31. The molecule has 0 spiro atoms. The summed E-state index contributed by atoms with van der Waals surface area (Å²) in [5.41, 5.74) is 0.438. The number of carbonyl (C=O) groups is 1. The number of thiazole rings is 1. The van der Waals surface area contributed by atoms with Crippen LogP contribution in [-0.4, -0.2) is 39.4 Å². The molecule has 33 heavy (non-hydrogen) atoms. The Balaban J connectivity index is 1.69. The van der Waals surface area contributed by atoms with E-state index in [0.29, 0.717) is 18.2 Å². The third kappa shape index (κ3) is 5.37. The Morgan fingerprint density at radius 1 is 1.09 bits per heavy atom. The number of hydrogen-bond donors (Lipinski definition) is 0. The molecule has 0 N–H and O–H groups in total. The minimum Gasteiger partial charge on any atom is -0.461 e. The predicted octanol–water partition coefficient (Wildman–Crippen LogP) is 4.34. The molecule has 5 nitrogen and oxygen atoms in total. The molecular weight excluding hydrogens is 448 g/mol. The highest BCUT2D eigenvalue weighted by molar-refractivity contribution is 7.14. The summed E-state index contributed by atoms with van der Waals surface area (Å²) >= 11 is 1.48. The normalized spacial score (nSPS) is 18.6. The highest BCUT2D eigenvalue weighted by Crippen LogP contribution is 2.42. The van der Waals surface area contributed by atoms with E-state index in [1.165, 1.54) is 21.7 Å². The minimum atomic E-state index is -1.49. The van der Waals surface area contributed by atoms with Crippen LogP contribution in [-0.2, 0) is 9.16 Å². The standard InChI is InChI=1S/C26H31N2O3SSi/c1-5-30-24(29)22-18-32-25(27-22)28-17-16-21(26(2,3)4)23(28)31-33(19-12-8-6-9-13-19)20-14-10-7-11-15-20/h6-15,18,21,23H,5,16-17H2,1-4H3/t21-,23?/m1/s1. The van der Waals surface area contributed by atoms with Gasteiger partial charge in [-0.2, -0.15) is 0 Å². The summed E-state index contributed by atoms with van der Waals surface area (Å²) in [6, 6.07) is 21.0. The summed E-state index contributed by atoms with van der Waals surface area (Å²) in [5.74, 6) is -0.0396. The molecule has 2 atom stereocenters. The van der Waals surface area contributed by atoms with Gasteiger partial charge in [-0.1, -0.05) is 81.4 Å². The molecule has 1 aromatic heterocycles. The van der Waals surface area contributed by atoms with Crippen molar-refractivity contribution in [3.8, 4) is 0 Å². The van der Waals surface area contributed by atoms with Crippen molar-refractivity contribution in [3.63, 3.8) is 0 Å². The number of benzene rings is 2. The first-order valence-electron chi connectivity index (χ1n) is 11.4. The summed E-state index contributed by atoms with van der Waals surface area (Å²) in [5, 5.41) is 5.05. The highest BCUT2D eigenvalue weighted by atomic mass is 32.1. The van der Waals surface area contributed by atoms with Crippen molar-refractivity contribution in [2.24, 2.45) is 11.3 Å². The monoisotopic (exact) mass is 479 g/mol. The molecule has 0 saturated carbocycles. The van der Waals surface area contributed by atoms with Gasteiger partial charge in [-0.25, -0.2) is 9.78 Å². The van der Waals surface area contributed by atoms with Crippen LogP contribution in [0, 0.1) is 11.3 Å². The van der Waals surface area contributed by atoms with Crippen molar-refractivity contribution in [1.29, 1.82) is 0 Å². The average molecular weight is 480 g/mol. The van der Waals surface area contributed by atoms with Gasteiger partial charge in [0.1, 0.15) is 6.23 Å². The number of hydrogen-bond acceptors (Lipinski definition) is 6. The Hall–Kier alpha value is -2.48. The quantitative estimate of drug-likeness (QED) is 0.373. The molecule has 3 aromatic rings. The van der Waals surface area contributed by atoms with E-state index < -0.39 is 9.04 Å². The first kappa shape index (κ1) is 23.7. The van der Waals surface area contributed by atoms with Gasteiger partial charge in [-0.05, 0) is 29.1 Å². The van der Waals surface area contributed by atoms with Gasteiger partial charge in [0, 0.05) is 17.8 Å². The second kappa shape index (κ2) is 10.2. The molecule has 1 aliphatic heterocycles. The summed E-state index contributed by atoms with van der Waals surface area (Å²) in [6.07, 6.45) is 0.891. The Bertz CT molecular complexity index is 1010. The number of ether oxygens (including phenoxy) is 1. The molecule has 173 valence electrons. The fraction of sp³-hybridized carbons (Fsp3) is 0.385. The van der Waals surface area contributed by atoms with Crippen molar-refractivity contribution < 1.29 is 14.0 Å². The number of rotatable bonds is 7. The SMILES string of the molecule is CCOC(=O)c1csc(N2CC[C@@H](C(C)(C)C)C2O[Si](c2ccccc2)c2ccccc2)n1. The summed E-state index contributed by atoms with van der Waals surface area (Å²) < 4.78 is 12.2. The smallest absolute Gasteiger partial charge is 0.357 e. The molecule has 4 rings (SSSR count). The predicted molar refractivity (Wildman–Crippen MR) is 136 cm³/mol. The maximum Gasteiger partial charge on any atom is 0.357 e. The van der Waals surface area contributed by atoms with Crippen LogP contribution < -0.4 is 15.3 Å². The molecular formula is C26H31N2O3SSi. The van der Waals surface area contributed by atoms with E-state index in [0.717, 1.165) is 18.1 Å². The van der Waals surface area contributed by atoms with Crippen molar-refractivity contribution in [3.05, 3.63) is 71.7 Å². The maximum atomic E-state index is 12.2. The largest absolute Gasteiger partial charge is 0.461 e. The maximum absolute atomic E-state index is 12.2. The lowest BCUT2D eigenvalue weighted by Crippen LogP contribution is -2.52. The summed E-state index contributed by atoms with van der Waals surface area (Å²) in [6.45, 7) is 9.83. The minimum absolute atomic E-state index is 0.0704. The van der Waals surface area contributed by atoms with Gasteiger partial charge in [0.25, 0.3) is 9.04 Å². The zero-order chi connectivity index (χ0) is 23.4. The van der Waals surface area contributed by atoms with Crippen LogP contribution in [0.3, 0.4) is 0 Å². The third-order valence-electron chi connectivity index (χ3n) is 5.98. The number of nitrogens with zero attached hydrogens (tertiary/aromatic N) is 2. The van der Waals surface area contributed by atoms with Gasteiger partial charge in [0.05, 0.1) is 6.61 Å². The van der Waals surface area contributed by atoms with Crippen molar-refractivity contribution in [2.45, 2.75) is 40.3 Å². The number of carbonyl (C=O) groups excluding carboxylic acids is 1. The summed E-state index contributed by atoms with van der Waals surface area (Å²) in [7, 11) is -1.49. The van der Waals surface area contributed by atoms with E-state index in [4.69, 9.17) is 9.16 Å². The lowest BCUT2D eigenvalue weighted by Gasteiger charge is -2.37. The second-order valence-corrected chi connectivity index (χ2v) is 12.1. The fourth-order valence-electron chi connectivity index (χ4n) is 4.27. The first-order valence-corrected chi connectivity index (χ1v) is 13.7. The van der Waals surface area contributed by atoms with E-state index in [-0.39, 0.29) is 17.6 Å². The third-order valence-corrected chi connectivity index (χ3v) is 9.05. The number of anilines is 1. The van der Waals surface area contributed by atoms with Gasteiger partial charge >= 0.3 is 5.97 Å². The molecule has 1 fully saturated rings. The molecule has 1 aliphatic rings. The molecule has 1 unspecified atom stereocenters.